The lowest BCUT2D eigenvalue weighted by Crippen LogP contribution is -2.06. The highest BCUT2D eigenvalue weighted by atomic mass is 32.2. The second-order valence-electron chi connectivity index (χ2n) is 4.57. The number of hydrogen-bond donors (Lipinski definition) is 1. The molecule has 2 heterocycles. The van der Waals surface area contributed by atoms with Crippen molar-refractivity contribution in [2.45, 2.75) is 37.7 Å². The number of carboxylic acid groups (broad SMARTS) is 1. The molecule has 2 aromatic heterocycles. The van der Waals surface area contributed by atoms with Gasteiger partial charge in [-0.15, -0.1) is 0 Å². The molecule has 2 aromatic rings. The van der Waals surface area contributed by atoms with E-state index in [1.165, 1.54) is 11.8 Å². The monoisotopic (exact) mass is 289 g/mol. The molecule has 0 aliphatic carbocycles. The Balaban J connectivity index is 2.53. The van der Waals surface area contributed by atoms with E-state index in [2.05, 4.69) is 15.0 Å². The van der Waals surface area contributed by atoms with Crippen LogP contribution in [0.25, 0.3) is 0 Å². The van der Waals surface area contributed by atoms with Gasteiger partial charge in [-0.3, -0.25) is 4.98 Å². The van der Waals surface area contributed by atoms with E-state index in [9.17, 15) is 9.90 Å². The molecule has 0 atom stereocenters. The first kappa shape index (κ1) is 14.5. The Morgan fingerprint density at radius 3 is 2.40 bits per heavy atom. The Morgan fingerprint density at radius 1 is 1.10 bits per heavy atom. The minimum Gasteiger partial charge on any atom is -0.478 e. The highest BCUT2D eigenvalue weighted by molar-refractivity contribution is 7.99. The molecule has 0 amide bonds. The lowest BCUT2D eigenvalue weighted by molar-refractivity contribution is 0.0691. The van der Waals surface area contributed by atoms with E-state index in [1.54, 1.807) is 19.2 Å². The van der Waals surface area contributed by atoms with Crippen LogP contribution in [0.5, 0.6) is 0 Å². The molecule has 0 aliphatic rings. The van der Waals surface area contributed by atoms with Gasteiger partial charge in [-0.2, -0.15) is 0 Å². The fourth-order valence-corrected chi connectivity index (χ4v) is 2.95. The van der Waals surface area contributed by atoms with Crippen molar-refractivity contribution in [1.82, 2.24) is 15.0 Å². The summed E-state index contributed by atoms with van der Waals surface area (Å²) in [7, 11) is 0. The van der Waals surface area contributed by atoms with E-state index < -0.39 is 5.97 Å². The number of carboxylic acids is 1. The fourth-order valence-electron chi connectivity index (χ4n) is 1.84. The van der Waals surface area contributed by atoms with E-state index in [0.717, 1.165) is 17.1 Å². The molecule has 0 unspecified atom stereocenters. The van der Waals surface area contributed by atoms with Gasteiger partial charge >= 0.3 is 5.97 Å². The molecule has 0 bridgehead atoms. The Labute approximate surface area is 121 Å². The average Bonchev–Trinajstić information content (AvgIpc) is 2.32. The third-order valence-corrected chi connectivity index (χ3v) is 3.82. The van der Waals surface area contributed by atoms with Crippen LogP contribution < -0.4 is 0 Å². The summed E-state index contributed by atoms with van der Waals surface area (Å²) in [5.74, 6) is -0.976. The number of aromatic carboxylic acids is 1. The molecule has 0 radical (unpaired) electrons. The van der Waals surface area contributed by atoms with Crippen LogP contribution in [-0.4, -0.2) is 26.0 Å². The Morgan fingerprint density at radius 2 is 1.75 bits per heavy atom. The molecule has 6 heteroatoms. The maximum absolute atomic E-state index is 11.4. The van der Waals surface area contributed by atoms with Gasteiger partial charge in [0.1, 0.15) is 10.1 Å². The number of pyridine rings is 1. The van der Waals surface area contributed by atoms with Crippen LogP contribution in [0.2, 0.25) is 0 Å². The predicted octanol–water partition coefficient (Wildman–Crippen LogP) is 2.95. The van der Waals surface area contributed by atoms with Crippen molar-refractivity contribution in [1.29, 1.82) is 0 Å². The molecule has 0 saturated carbocycles. The zero-order valence-electron chi connectivity index (χ0n) is 11.8. The summed E-state index contributed by atoms with van der Waals surface area (Å²) < 4.78 is 0. The second-order valence-corrected chi connectivity index (χ2v) is 5.55. The summed E-state index contributed by atoms with van der Waals surface area (Å²) in [6, 6.07) is 1.77. The van der Waals surface area contributed by atoms with Crippen molar-refractivity contribution in [2.24, 2.45) is 0 Å². The van der Waals surface area contributed by atoms with Gasteiger partial charge in [0.25, 0.3) is 0 Å². The van der Waals surface area contributed by atoms with Gasteiger partial charge in [0, 0.05) is 11.9 Å². The van der Waals surface area contributed by atoms with E-state index in [-0.39, 0.29) is 5.56 Å². The summed E-state index contributed by atoms with van der Waals surface area (Å²) in [6.07, 6.45) is 1.69. The number of aryl methyl sites for hydroxylation is 4. The topological polar surface area (TPSA) is 76.0 Å². The Kier molecular flexibility index (Phi) is 4.04. The molecule has 1 N–H and O–H groups in total. The van der Waals surface area contributed by atoms with E-state index in [1.807, 2.05) is 20.8 Å². The summed E-state index contributed by atoms with van der Waals surface area (Å²) in [6.45, 7) is 7.32. The van der Waals surface area contributed by atoms with Crippen LogP contribution in [0.15, 0.2) is 22.3 Å². The average molecular weight is 289 g/mol. The fraction of sp³-hybridized carbons (Fsp3) is 0.286. The van der Waals surface area contributed by atoms with Gasteiger partial charge in [-0.25, -0.2) is 14.8 Å². The van der Waals surface area contributed by atoms with Crippen LogP contribution in [-0.2, 0) is 0 Å². The van der Waals surface area contributed by atoms with Gasteiger partial charge in [-0.1, -0.05) is 0 Å². The Hall–Kier alpha value is -1.95. The molecule has 5 nitrogen and oxygen atoms in total. The molecule has 2 rings (SSSR count). The number of rotatable bonds is 3. The van der Waals surface area contributed by atoms with E-state index in [0.29, 0.717) is 15.6 Å². The summed E-state index contributed by atoms with van der Waals surface area (Å²) in [4.78, 5) is 24.4. The maximum atomic E-state index is 11.4. The first-order valence-electron chi connectivity index (χ1n) is 6.08. The highest BCUT2D eigenvalue weighted by Gasteiger charge is 2.18. The minimum absolute atomic E-state index is 0.225. The lowest BCUT2D eigenvalue weighted by Gasteiger charge is -2.10. The van der Waals surface area contributed by atoms with E-state index >= 15 is 0 Å². The first-order chi connectivity index (χ1) is 9.38. The number of aromatic nitrogens is 3. The Bertz CT molecular complexity index is 686. The second kappa shape index (κ2) is 5.58. The molecule has 0 aliphatic heterocycles. The molecular weight excluding hydrogens is 274 g/mol. The van der Waals surface area contributed by atoms with Gasteiger partial charge in [-0.05, 0) is 51.1 Å². The van der Waals surface area contributed by atoms with Gasteiger partial charge in [0.2, 0.25) is 0 Å². The summed E-state index contributed by atoms with van der Waals surface area (Å²) >= 11 is 1.25. The van der Waals surface area contributed by atoms with Gasteiger partial charge < -0.3 is 5.11 Å². The van der Waals surface area contributed by atoms with Crippen LogP contribution in [0, 0.1) is 27.7 Å². The van der Waals surface area contributed by atoms with Crippen LogP contribution in [0.1, 0.15) is 33.0 Å². The summed E-state index contributed by atoms with van der Waals surface area (Å²) in [5.41, 5.74) is 3.26. The van der Waals surface area contributed by atoms with Crippen molar-refractivity contribution in [3.63, 3.8) is 0 Å². The van der Waals surface area contributed by atoms with Crippen molar-refractivity contribution in [2.75, 3.05) is 0 Å². The molecule has 0 aromatic carbocycles. The van der Waals surface area contributed by atoms with Gasteiger partial charge in [0.05, 0.1) is 17.0 Å². The zero-order chi connectivity index (χ0) is 14.9. The smallest absolute Gasteiger partial charge is 0.338 e. The lowest BCUT2D eigenvalue weighted by atomic mass is 10.1. The van der Waals surface area contributed by atoms with Crippen LogP contribution >= 0.6 is 11.8 Å². The first-order valence-corrected chi connectivity index (χ1v) is 6.89. The van der Waals surface area contributed by atoms with Crippen molar-refractivity contribution in [3.05, 3.63) is 40.5 Å². The third kappa shape index (κ3) is 2.96. The largest absolute Gasteiger partial charge is 0.478 e. The summed E-state index contributed by atoms with van der Waals surface area (Å²) in [5, 5.41) is 10.5. The molecule has 20 heavy (non-hydrogen) atoms. The quantitative estimate of drug-likeness (QED) is 0.936. The van der Waals surface area contributed by atoms with E-state index in [4.69, 9.17) is 0 Å². The molecule has 104 valence electrons. The minimum atomic E-state index is -0.976. The number of hydrogen-bond acceptors (Lipinski definition) is 5. The highest BCUT2D eigenvalue weighted by Crippen LogP contribution is 2.31. The third-order valence-electron chi connectivity index (χ3n) is 2.75. The zero-order valence-corrected chi connectivity index (χ0v) is 12.6. The normalized spacial score (nSPS) is 10.6. The van der Waals surface area contributed by atoms with Crippen molar-refractivity contribution >= 4 is 17.7 Å². The SMILES string of the molecule is Cc1cnc(C)c(Sc2nc(C)cc(C)c2C(=O)O)n1. The standard InChI is InChI=1S/C14H15N3O2S/c1-7-5-8(2)16-13(11(7)14(18)19)20-12-10(4)15-6-9(3)17-12/h5-6H,1-4H3,(H,18,19). The molecular formula is C14H15N3O2S. The van der Waals surface area contributed by atoms with Crippen LogP contribution in [0.4, 0.5) is 0 Å². The van der Waals surface area contributed by atoms with Crippen molar-refractivity contribution in [3.8, 4) is 0 Å². The molecule has 0 spiro atoms. The number of carbonyl (C=O) groups is 1. The molecule has 0 saturated heterocycles. The predicted molar refractivity (Wildman–Crippen MR) is 76.3 cm³/mol. The van der Waals surface area contributed by atoms with Crippen LogP contribution in [0.3, 0.4) is 0 Å². The number of nitrogens with zero attached hydrogens (tertiary/aromatic N) is 3. The maximum Gasteiger partial charge on any atom is 0.338 e. The van der Waals surface area contributed by atoms with Crippen molar-refractivity contribution < 1.29 is 9.90 Å². The van der Waals surface area contributed by atoms with Gasteiger partial charge in [0.15, 0.2) is 0 Å². The molecule has 0 fully saturated rings.